The molecule has 7 nitrogen and oxygen atoms in total. The normalized spacial score (nSPS) is 19.7. The second-order valence-electron chi connectivity index (χ2n) is 3.72. The Kier molecular flexibility index (Phi) is 2.84. The summed E-state index contributed by atoms with van der Waals surface area (Å²) >= 11 is 5.71. The first-order valence-electron chi connectivity index (χ1n) is 4.87. The second-order valence-corrected chi connectivity index (χ2v) is 4.11. The molecule has 0 aromatic carbocycles. The molecule has 1 unspecified atom stereocenters. The summed E-state index contributed by atoms with van der Waals surface area (Å²) < 4.78 is 0. The van der Waals surface area contributed by atoms with Gasteiger partial charge in [0, 0.05) is 19.0 Å². The molecule has 2 rings (SSSR count). The molecule has 8 heteroatoms. The molecule has 1 saturated heterocycles. The minimum absolute atomic E-state index is 0.0606. The topological polar surface area (TPSA) is 115 Å². The van der Waals surface area contributed by atoms with Crippen molar-refractivity contribution in [2.24, 2.45) is 11.7 Å². The Morgan fingerprint density at radius 3 is 2.76 bits per heavy atom. The number of hydrogen-bond donors (Lipinski definition) is 2. The van der Waals surface area contributed by atoms with Gasteiger partial charge in [0.2, 0.25) is 17.8 Å². The van der Waals surface area contributed by atoms with Crippen molar-refractivity contribution in [1.29, 1.82) is 0 Å². The summed E-state index contributed by atoms with van der Waals surface area (Å²) in [6.07, 6.45) is 0.0606. The van der Waals surface area contributed by atoms with E-state index in [4.69, 9.17) is 23.1 Å². The van der Waals surface area contributed by atoms with E-state index < -0.39 is 11.8 Å². The maximum absolute atomic E-state index is 11.7. The Morgan fingerprint density at radius 1 is 1.53 bits per heavy atom. The molecule has 0 spiro atoms. The predicted molar refractivity (Wildman–Crippen MR) is 61.1 cm³/mol. The number of nitrogen functional groups attached to an aromatic ring is 1. The fourth-order valence-corrected chi connectivity index (χ4v) is 1.82. The number of carbonyl (C=O) groups is 2. The van der Waals surface area contributed by atoms with Crippen molar-refractivity contribution in [3.63, 3.8) is 0 Å². The zero-order valence-electron chi connectivity index (χ0n) is 8.76. The van der Waals surface area contributed by atoms with Gasteiger partial charge in [0.1, 0.15) is 11.0 Å². The van der Waals surface area contributed by atoms with Crippen molar-refractivity contribution in [3.8, 4) is 0 Å². The third kappa shape index (κ3) is 2.28. The fourth-order valence-electron chi connectivity index (χ4n) is 1.63. The third-order valence-corrected chi connectivity index (χ3v) is 2.67. The number of halogens is 1. The monoisotopic (exact) mass is 255 g/mol. The zero-order valence-corrected chi connectivity index (χ0v) is 9.52. The average Bonchev–Trinajstić information content (AvgIpc) is 2.59. The lowest BCUT2D eigenvalue weighted by atomic mass is 10.1. The summed E-state index contributed by atoms with van der Waals surface area (Å²) in [6, 6.07) is 1.37. The smallest absolute Gasteiger partial charge is 0.235 e. The van der Waals surface area contributed by atoms with Crippen LogP contribution in [0.2, 0.25) is 5.15 Å². The third-order valence-electron chi connectivity index (χ3n) is 2.47. The van der Waals surface area contributed by atoms with Gasteiger partial charge in [-0.05, 0) is 0 Å². The maximum atomic E-state index is 11.7. The first-order valence-corrected chi connectivity index (χ1v) is 5.25. The molecule has 4 N–H and O–H groups in total. The van der Waals surface area contributed by atoms with E-state index in [1.807, 2.05) is 0 Å². The highest BCUT2D eigenvalue weighted by Crippen LogP contribution is 2.23. The summed E-state index contributed by atoms with van der Waals surface area (Å²) in [7, 11) is 0. The molecule has 1 aromatic heterocycles. The number of nitrogens with zero attached hydrogens (tertiary/aromatic N) is 3. The van der Waals surface area contributed by atoms with Gasteiger partial charge in [-0.15, -0.1) is 0 Å². The van der Waals surface area contributed by atoms with E-state index >= 15 is 0 Å². The minimum atomic E-state index is -0.522. The lowest BCUT2D eigenvalue weighted by Gasteiger charge is -2.14. The number of aromatic nitrogens is 2. The van der Waals surface area contributed by atoms with Crippen LogP contribution in [0.3, 0.4) is 0 Å². The summed E-state index contributed by atoms with van der Waals surface area (Å²) in [4.78, 5) is 31.7. The molecule has 2 amide bonds. The van der Waals surface area contributed by atoms with Gasteiger partial charge < -0.3 is 11.5 Å². The number of amides is 2. The van der Waals surface area contributed by atoms with Crippen molar-refractivity contribution < 1.29 is 9.59 Å². The van der Waals surface area contributed by atoms with E-state index in [-0.39, 0.29) is 35.8 Å². The molecule has 0 aliphatic carbocycles. The van der Waals surface area contributed by atoms with E-state index in [0.717, 1.165) is 0 Å². The zero-order chi connectivity index (χ0) is 12.6. The summed E-state index contributed by atoms with van der Waals surface area (Å²) in [6.45, 7) is 0.161. The van der Waals surface area contributed by atoms with Crippen molar-refractivity contribution in [2.75, 3.05) is 17.2 Å². The molecule has 1 aliphatic rings. The largest absolute Gasteiger partial charge is 0.383 e. The van der Waals surface area contributed by atoms with Gasteiger partial charge in [0.15, 0.2) is 0 Å². The van der Waals surface area contributed by atoms with Gasteiger partial charge in [-0.25, -0.2) is 4.98 Å². The number of primary amides is 1. The van der Waals surface area contributed by atoms with E-state index in [1.165, 1.54) is 11.0 Å². The van der Waals surface area contributed by atoms with Crippen molar-refractivity contribution >= 4 is 35.2 Å². The summed E-state index contributed by atoms with van der Waals surface area (Å²) in [5.41, 5.74) is 10.7. The summed E-state index contributed by atoms with van der Waals surface area (Å²) in [5, 5.41) is 0.142. The highest BCUT2D eigenvalue weighted by molar-refractivity contribution is 6.29. The van der Waals surface area contributed by atoms with Crippen LogP contribution in [-0.2, 0) is 9.59 Å². The first-order chi connectivity index (χ1) is 7.97. The Morgan fingerprint density at radius 2 is 2.24 bits per heavy atom. The van der Waals surface area contributed by atoms with Gasteiger partial charge in [0.25, 0.3) is 0 Å². The Balaban J connectivity index is 2.28. The standard InChI is InChI=1S/C9H10ClN5O2/c10-5-2-6(11)14-9(13-5)15-3-4(8(12)17)1-7(15)16/h2,4H,1,3H2,(H2,12,17)(H2,11,13,14). The highest BCUT2D eigenvalue weighted by atomic mass is 35.5. The SMILES string of the molecule is NC(=O)C1CC(=O)N(c2nc(N)cc(Cl)n2)C1. The number of carbonyl (C=O) groups excluding carboxylic acids is 2. The molecular weight excluding hydrogens is 246 g/mol. The van der Waals surface area contributed by atoms with Crippen LogP contribution in [0.25, 0.3) is 0 Å². The average molecular weight is 256 g/mol. The lowest BCUT2D eigenvalue weighted by Crippen LogP contribution is -2.29. The van der Waals surface area contributed by atoms with Crippen LogP contribution in [0.1, 0.15) is 6.42 Å². The highest BCUT2D eigenvalue weighted by Gasteiger charge is 2.35. The van der Waals surface area contributed by atoms with Crippen molar-refractivity contribution in [2.45, 2.75) is 6.42 Å². The number of anilines is 2. The number of hydrogen-bond acceptors (Lipinski definition) is 5. The van der Waals surface area contributed by atoms with Crippen LogP contribution in [0.4, 0.5) is 11.8 Å². The van der Waals surface area contributed by atoms with E-state index in [9.17, 15) is 9.59 Å². The fraction of sp³-hybridized carbons (Fsp3) is 0.333. The Bertz CT molecular complexity index is 472. The molecule has 90 valence electrons. The number of nitrogens with two attached hydrogens (primary N) is 2. The predicted octanol–water partition coefficient (Wildman–Crippen LogP) is -0.450. The van der Waals surface area contributed by atoms with Gasteiger partial charge in [-0.3, -0.25) is 14.5 Å². The molecule has 17 heavy (non-hydrogen) atoms. The second kappa shape index (κ2) is 4.17. The quantitative estimate of drug-likeness (QED) is 0.695. The number of rotatable bonds is 2. The maximum Gasteiger partial charge on any atom is 0.235 e. The van der Waals surface area contributed by atoms with Crippen LogP contribution < -0.4 is 16.4 Å². The molecule has 0 saturated carbocycles. The van der Waals surface area contributed by atoms with Crippen molar-refractivity contribution in [1.82, 2.24) is 9.97 Å². The Hall–Kier alpha value is -1.89. The van der Waals surface area contributed by atoms with E-state index in [0.29, 0.717) is 0 Å². The van der Waals surface area contributed by atoms with Crippen LogP contribution in [0.5, 0.6) is 0 Å². The van der Waals surface area contributed by atoms with Crippen LogP contribution in [0.15, 0.2) is 6.07 Å². The molecule has 0 bridgehead atoms. The van der Waals surface area contributed by atoms with Crippen LogP contribution >= 0.6 is 11.6 Å². The van der Waals surface area contributed by atoms with Gasteiger partial charge in [0.05, 0.1) is 5.92 Å². The van der Waals surface area contributed by atoms with E-state index in [2.05, 4.69) is 9.97 Å². The van der Waals surface area contributed by atoms with E-state index in [1.54, 1.807) is 0 Å². The van der Waals surface area contributed by atoms with Gasteiger partial charge in [-0.1, -0.05) is 11.6 Å². The Labute approximate surface area is 102 Å². The van der Waals surface area contributed by atoms with Crippen molar-refractivity contribution in [3.05, 3.63) is 11.2 Å². The molecule has 2 heterocycles. The minimum Gasteiger partial charge on any atom is -0.383 e. The first kappa shape index (κ1) is 11.6. The van der Waals surface area contributed by atoms with Gasteiger partial charge >= 0.3 is 0 Å². The molecule has 0 radical (unpaired) electrons. The molecule has 1 aliphatic heterocycles. The van der Waals surface area contributed by atoms with Gasteiger partial charge in [-0.2, -0.15) is 4.98 Å². The lowest BCUT2D eigenvalue weighted by molar-refractivity contribution is -0.123. The summed E-state index contributed by atoms with van der Waals surface area (Å²) in [5.74, 6) is -1.04. The molecule has 1 fully saturated rings. The van der Waals surface area contributed by atoms with Crippen LogP contribution in [0, 0.1) is 5.92 Å². The van der Waals surface area contributed by atoms with Crippen LogP contribution in [-0.4, -0.2) is 28.3 Å². The molecule has 1 aromatic rings. The molecule has 1 atom stereocenters. The molecular formula is C9H10ClN5O2.